The van der Waals surface area contributed by atoms with E-state index in [1.807, 2.05) is 18.2 Å². The summed E-state index contributed by atoms with van der Waals surface area (Å²) in [5.74, 6) is -0.992. The molecule has 0 spiro atoms. The Labute approximate surface area is 157 Å². The molecule has 1 aliphatic rings. The molecule has 3 rings (SSSR count). The van der Waals surface area contributed by atoms with Crippen LogP contribution in [0.1, 0.15) is 23.1 Å². The van der Waals surface area contributed by atoms with Gasteiger partial charge in [0.25, 0.3) is 5.91 Å². The average Bonchev–Trinajstić information content (AvgIpc) is 3.07. The lowest BCUT2D eigenvalue weighted by Gasteiger charge is -2.08. The monoisotopic (exact) mass is 388 g/mol. The van der Waals surface area contributed by atoms with E-state index in [9.17, 15) is 18.0 Å². The van der Waals surface area contributed by atoms with Crippen molar-refractivity contribution in [1.82, 2.24) is 0 Å². The van der Waals surface area contributed by atoms with E-state index in [-0.39, 0.29) is 11.3 Å². The van der Waals surface area contributed by atoms with Gasteiger partial charge in [0.15, 0.2) is 6.61 Å². The number of sulfonamides is 1. The maximum absolute atomic E-state index is 11.9. The van der Waals surface area contributed by atoms with E-state index < -0.39 is 28.5 Å². The number of anilines is 1. The van der Waals surface area contributed by atoms with Gasteiger partial charge in [-0.15, -0.1) is 0 Å². The smallest absolute Gasteiger partial charge is 0.310 e. The van der Waals surface area contributed by atoms with Crippen molar-refractivity contribution in [3.05, 3.63) is 59.2 Å². The van der Waals surface area contributed by atoms with Gasteiger partial charge in [0, 0.05) is 5.69 Å². The van der Waals surface area contributed by atoms with Gasteiger partial charge < -0.3 is 10.1 Å². The molecular formula is C19H20N2O5S. The fraction of sp³-hybridized carbons (Fsp3) is 0.263. The molecule has 1 aliphatic carbocycles. The maximum atomic E-state index is 11.9. The van der Waals surface area contributed by atoms with Crippen molar-refractivity contribution in [2.75, 3.05) is 11.9 Å². The first-order valence-electron chi connectivity index (χ1n) is 8.50. The van der Waals surface area contributed by atoms with E-state index in [0.717, 1.165) is 24.8 Å². The minimum absolute atomic E-state index is 0.0544. The van der Waals surface area contributed by atoms with Crippen LogP contribution in [0, 0.1) is 0 Å². The number of primary sulfonamides is 1. The molecule has 142 valence electrons. The summed E-state index contributed by atoms with van der Waals surface area (Å²) in [6, 6.07) is 11.4. The molecular weight excluding hydrogens is 368 g/mol. The second-order valence-corrected chi connectivity index (χ2v) is 7.97. The fourth-order valence-corrected chi connectivity index (χ4v) is 3.54. The number of hydrogen-bond donors (Lipinski definition) is 2. The molecule has 0 aliphatic heterocycles. The first kappa shape index (κ1) is 19.1. The van der Waals surface area contributed by atoms with Gasteiger partial charge >= 0.3 is 5.97 Å². The number of esters is 1. The van der Waals surface area contributed by atoms with Crippen LogP contribution in [0.15, 0.2) is 47.4 Å². The Morgan fingerprint density at radius 2 is 1.74 bits per heavy atom. The van der Waals surface area contributed by atoms with Gasteiger partial charge in [0.2, 0.25) is 10.0 Å². The third kappa shape index (κ3) is 5.15. The molecule has 0 aromatic heterocycles. The molecule has 0 bridgehead atoms. The summed E-state index contributed by atoms with van der Waals surface area (Å²) in [6.45, 7) is -0.416. The van der Waals surface area contributed by atoms with Crippen LogP contribution in [0.5, 0.6) is 0 Å². The summed E-state index contributed by atoms with van der Waals surface area (Å²) in [5.41, 5.74) is 3.86. The Kier molecular flexibility index (Phi) is 5.57. The number of nitrogens with one attached hydrogen (secondary N) is 1. The van der Waals surface area contributed by atoms with Gasteiger partial charge in [-0.05, 0) is 60.2 Å². The normalized spacial score (nSPS) is 13.1. The van der Waals surface area contributed by atoms with Crippen LogP contribution >= 0.6 is 0 Å². The number of hydrogen-bond acceptors (Lipinski definition) is 5. The van der Waals surface area contributed by atoms with Crippen LogP contribution in [0.3, 0.4) is 0 Å². The number of fused-ring (bicyclic) bond motifs is 1. The minimum Gasteiger partial charge on any atom is -0.455 e. The number of aryl methyl sites for hydroxylation is 2. The van der Waals surface area contributed by atoms with Crippen LogP contribution < -0.4 is 10.5 Å². The van der Waals surface area contributed by atoms with Gasteiger partial charge in [-0.2, -0.15) is 0 Å². The lowest BCUT2D eigenvalue weighted by atomic mass is 10.0. The van der Waals surface area contributed by atoms with Crippen LogP contribution in [-0.2, 0) is 43.6 Å². The van der Waals surface area contributed by atoms with Gasteiger partial charge in [-0.1, -0.05) is 18.2 Å². The molecule has 0 atom stereocenters. The molecule has 27 heavy (non-hydrogen) atoms. The molecule has 2 aromatic carbocycles. The lowest BCUT2D eigenvalue weighted by molar-refractivity contribution is -0.146. The highest BCUT2D eigenvalue weighted by atomic mass is 32.2. The van der Waals surface area contributed by atoms with Crippen molar-refractivity contribution in [1.29, 1.82) is 0 Å². The number of nitrogens with two attached hydrogens (primary N) is 1. The number of carbonyl (C=O) groups excluding carboxylic acids is 2. The zero-order valence-corrected chi connectivity index (χ0v) is 15.4. The third-order valence-corrected chi connectivity index (χ3v) is 5.27. The predicted octanol–water partition coefficient (Wildman–Crippen LogP) is 1.55. The van der Waals surface area contributed by atoms with Crippen molar-refractivity contribution >= 4 is 27.6 Å². The van der Waals surface area contributed by atoms with E-state index in [4.69, 9.17) is 9.88 Å². The number of amides is 1. The lowest BCUT2D eigenvalue weighted by Crippen LogP contribution is -2.21. The molecule has 0 unspecified atom stereocenters. The van der Waals surface area contributed by atoms with Crippen molar-refractivity contribution in [2.24, 2.45) is 5.14 Å². The largest absolute Gasteiger partial charge is 0.455 e. The number of carbonyl (C=O) groups is 2. The van der Waals surface area contributed by atoms with Crippen molar-refractivity contribution < 1.29 is 22.7 Å². The molecule has 3 N–H and O–H groups in total. The Bertz CT molecular complexity index is 968. The zero-order chi connectivity index (χ0) is 19.4. The SMILES string of the molecule is NS(=O)(=O)c1ccc(NC(=O)COC(=O)Cc2ccc3c(c2)CCC3)cc1. The fourth-order valence-electron chi connectivity index (χ4n) is 3.02. The van der Waals surface area contributed by atoms with Gasteiger partial charge in [-0.3, -0.25) is 9.59 Å². The summed E-state index contributed by atoms with van der Waals surface area (Å²) in [7, 11) is -3.79. The van der Waals surface area contributed by atoms with E-state index in [1.54, 1.807) is 0 Å². The highest BCUT2D eigenvalue weighted by molar-refractivity contribution is 7.89. The van der Waals surface area contributed by atoms with Crippen LogP contribution in [0.4, 0.5) is 5.69 Å². The summed E-state index contributed by atoms with van der Waals surface area (Å²) in [4.78, 5) is 23.8. The standard InChI is InChI=1S/C19H20N2O5S/c20-27(24,25)17-8-6-16(7-9-17)21-18(22)12-26-19(23)11-13-4-5-14-2-1-3-15(14)10-13/h4-10H,1-3,11-12H2,(H,21,22)(H2,20,24,25). The first-order valence-corrected chi connectivity index (χ1v) is 10.0. The zero-order valence-electron chi connectivity index (χ0n) is 14.6. The van der Waals surface area contributed by atoms with Crippen LogP contribution in [0.25, 0.3) is 0 Å². The molecule has 8 heteroatoms. The van der Waals surface area contributed by atoms with Crippen molar-refractivity contribution in [3.8, 4) is 0 Å². The Balaban J connectivity index is 1.48. The van der Waals surface area contributed by atoms with E-state index in [2.05, 4.69) is 5.32 Å². The summed E-state index contributed by atoms with van der Waals surface area (Å²) in [5, 5.41) is 7.53. The quantitative estimate of drug-likeness (QED) is 0.729. The van der Waals surface area contributed by atoms with Crippen molar-refractivity contribution in [3.63, 3.8) is 0 Å². The summed E-state index contributed by atoms with van der Waals surface area (Å²) >= 11 is 0. The van der Waals surface area contributed by atoms with Gasteiger partial charge in [0.1, 0.15) is 0 Å². The second kappa shape index (κ2) is 7.89. The summed E-state index contributed by atoms with van der Waals surface area (Å²) in [6.07, 6.45) is 3.37. The molecule has 1 amide bonds. The molecule has 7 nitrogen and oxygen atoms in total. The van der Waals surface area contributed by atoms with E-state index >= 15 is 0 Å². The molecule has 0 radical (unpaired) electrons. The highest BCUT2D eigenvalue weighted by Gasteiger charge is 2.14. The minimum atomic E-state index is -3.79. The summed E-state index contributed by atoms with van der Waals surface area (Å²) < 4.78 is 27.4. The molecule has 0 fully saturated rings. The van der Waals surface area contributed by atoms with Gasteiger partial charge in [0.05, 0.1) is 11.3 Å². The average molecular weight is 388 g/mol. The molecule has 2 aromatic rings. The van der Waals surface area contributed by atoms with E-state index in [1.165, 1.54) is 35.4 Å². The van der Waals surface area contributed by atoms with Crippen molar-refractivity contribution in [2.45, 2.75) is 30.6 Å². The highest BCUT2D eigenvalue weighted by Crippen LogP contribution is 2.23. The maximum Gasteiger partial charge on any atom is 0.310 e. The number of rotatable bonds is 6. The topological polar surface area (TPSA) is 116 Å². The van der Waals surface area contributed by atoms with Gasteiger partial charge in [-0.25, -0.2) is 13.6 Å². The third-order valence-electron chi connectivity index (χ3n) is 4.34. The Hall–Kier alpha value is -2.71. The van der Waals surface area contributed by atoms with E-state index in [0.29, 0.717) is 5.69 Å². The first-order chi connectivity index (χ1) is 12.8. The van der Waals surface area contributed by atoms with Crippen LogP contribution in [-0.4, -0.2) is 26.9 Å². The molecule has 0 saturated carbocycles. The predicted molar refractivity (Wildman–Crippen MR) is 99.6 cm³/mol. The molecule has 0 heterocycles. The Morgan fingerprint density at radius 3 is 2.44 bits per heavy atom. The molecule has 0 saturated heterocycles. The number of ether oxygens (including phenoxy) is 1. The second-order valence-electron chi connectivity index (χ2n) is 6.41. The number of benzene rings is 2. The Morgan fingerprint density at radius 1 is 1.04 bits per heavy atom. The van der Waals surface area contributed by atoms with Crippen LogP contribution in [0.2, 0.25) is 0 Å².